The van der Waals surface area contributed by atoms with Crippen molar-refractivity contribution in [1.82, 2.24) is 15.5 Å². The zero-order valence-corrected chi connectivity index (χ0v) is 21.1. The molecule has 10 heteroatoms. The third-order valence-corrected chi connectivity index (χ3v) is 7.04. The van der Waals surface area contributed by atoms with Crippen molar-refractivity contribution in [2.24, 2.45) is 17.6 Å². The van der Waals surface area contributed by atoms with Crippen molar-refractivity contribution in [2.75, 3.05) is 6.54 Å². The van der Waals surface area contributed by atoms with Crippen LogP contribution in [-0.2, 0) is 23.9 Å². The van der Waals surface area contributed by atoms with E-state index < -0.39 is 47.4 Å². The van der Waals surface area contributed by atoms with Gasteiger partial charge in [0.15, 0.2) is 0 Å². The van der Waals surface area contributed by atoms with E-state index in [1.165, 1.54) is 4.90 Å². The molecule has 3 rings (SSSR count). The first-order valence-electron chi connectivity index (χ1n) is 12.9. The fraction of sp³-hybridized carbons (Fsp3) is 0.800. The number of carbonyl (C=O) groups is 5. The standard InChI is InChI=1S/C25H40N4O6/c1-25(2,3)35-24(34)28-19(16-8-5-4-6-9-16)23(33)29-13-7-10-18(29)22(32)27-17(14-15-11-12-15)20(30)21(26)31/h15-19H,4-14H2,1-3H3,(H2,26,31)(H,27,32)(H,28,34)/t17?,18-,19?/m0/s1. The summed E-state index contributed by atoms with van der Waals surface area (Å²) in [5.74, 6) is -2.40. The Bertz CT molecular complexity index is 828. The van der Waals surface area contributed by atoms with Crippen molar-refractivity contribution in [2.45, 2.75) is 109 Å². The molecule has 3 aliphatic rings. The SMILES string of the molecule is CC(C)(C)OC(=O)NC(C(=O)N1CCC[C@H]1C(=O)NC(CC1CC1)C(=O)C(N)=O)C1CCCCC1. The van der Waals surface area contributed by atoms with Crippen LogP contribution in [0.1, 0.15) is 85.0 Å². The van der Waals surface area contributed by atoms with Crippen LogP contribution < -0.4 is 16.4 Å². The van der Waals surface area contributed by atoms with E-state index in [-0.39, 0.29) is 11.8 Å². The predicted molar refractivity (Wildman–Crippen MR) is 128 cm³/mol. The minimum atomic E-state index is -1.07. The first-order chi connectivity index (χ1) is 16.5. The van der Waals surface area contributed by atoms with Crippen molar-refractivity contribution in [3.63, 3.8) is 0 Å². The number of ketones is 1. The topological polar surface area (TPSA) is 148 Å². The molecule has 2 aliphatic carbocycles. The number of hydrogen-bond acceptors (Lipinski definition) is 6. The molecule has 2 saturated carbocycles. The van der Waals surface area contributed by atoms with Crippen molar-refractivity contribution < 1.29 is 28.7 Å². The average molecular weight is 493 g/mol. The zero-order chi connectivity index (χ0) is 25.8. The second-order valence-corrected chi connectivity index (χ2v) is 11.2. The molecular formula is C25H40N4O6. The summed E-state index contributed by atoms with van der Waals surface area (Å²) in [6, 6.07) is -2.52. The van der Waals surface area contributed by atoms with Crippen LogP contribution in [0.3, 0.4) is 0 Å². The van der Waals surface area contributed by atoms with Crippen LogP contribution in [0, 0.1) is 11.8 Å². The number of amides is 4. The Morgan fingerprint density at radius 2 is 1.60 bits per heavy atom. The van der Waals surface area contributed by atoms with Gasteiger partial charge in [-0.15, -0.1) is 0 Å². The highest BCUT2D eigenvalue weighted by Gasteiger charge is 2.42. The second kappa shape index (κ2) is 11.4. The summed E-state index contributed by atoms with van der Waals surface area (Å²) in [6.07, 6.45) is 7.37. The molecule has 1 saturated heterocycles. The molecule has 2 unspecified atom stereocenters. The van der Waals surface area contributed by atoms with E-state index in [1.807, 2.05) is 0 Å². The van der Waals surface area contributed by atoms with Gasteiger partial charge in [0.05, 0.1) is 6.04 Å². The maximum atomic E-state index is 13.7. The van der Waals surface area contributed by atoms with Crippen LogP contribution in [-0.4, -0.2) is 64.8 Å². The molecule has 3 atom stereocenters. The number of carbonyl (C=O) groups excluding carboxylic acids is 5. The van der Waals surface area contributed by atoms with Crippen molar-refractivity contribution in [3.8, 4) is 0 Å². The molecular weight excluding hydrogens is 452 g/mol. The Morgan fingerprint density at radius 3 is 2.17 bits per heavy atom. The molecule has 196 valence electrons. The van der Waals surface area contributed by atoms with Gasteiger partial charge >= 0.3 is 6.09 Å². The van der Waals surface area contributed by atoms with Gasteiger partial charge in [-0.25, -0.2) is 4.79 Å². The van der Waals surface area contributed by atoms with E-state index >= 15 is 0 Å². The summed E-state index contributed by atoms with van der Waals surface area (Å²) in [6.45, 7) is 5.66. The van der Waals surface area contributed by atoms with Crippen molar-refractivity contribution in [1.29, 1.82) is 0 Å². The molecule has 0 radical (unpaired) electrons. The number of primary amides is 1. The first-order valence-corrected chi connectivity index (χ1v) is 12.9. The van der Waals surface area contributed by atoms with Gasteiger partial charge < -0.3 is 26.0 Å². The van der Waals surface area contributed by atoms with Gasteiger partial charge in [0.2, 0.25) is 17.6 Å². The molecule has 0 spiro atoms. The van der Waals surface area contributed by atoms with Crippen LogP contribution >= 0.6 is 0 Å². The maximum Gasteiger partial charge on any atom is 0.408 e. The van der Waals surface area contributed by atoms with Crippen LogP contribution in [0.15, 0.2) is 0 Å². The van der Waals surface area contributed by atoms with Gasteiger partial charge in [-0.05, 0) is 64.7 Å². The molecule has 35 heavy (non-hydrogen) atoms. The lowest BCUT2D eigenvalue weighted by molar-refractivity contribution is -0.143. The lowest BCUT2D eigenvalue weighted by Crippen LogP contribution is -2.58. The van der Waals surface area contributed by atoms with Gasteiger partial charge in [0, 0.05) is 6.54 Å². The minimum Gasteiger partial charge on any atom is -0.444 e. The highest BCUT2D eigenvalue weighted by atomic mass is 16.6. The van der Waals surface area contributed by atoms with Crippen LogP contribution in [0.25, 0.3) is 0 Å². The fourth-order valence-corrected chi connectivity index (χ4v) is 5.12. The van der Waals surface area contributed by atoms with Crippen molar-refractivity contribution in [3.05, 3.63) is 0 Å². The van der Waals surface area contributed by atoms with Gasteiger partial charge in [-0.3, -0.25) is 19.2 Å². The molecule has 0 bridgehead atoms. The number of likely N-dealkylation sites (tertiary alicyclic amines) is 1. The van der Waals surface area contributed by atoms with E-state index in [4.69, 9.17) is 10.5 Å². The molecule has 0 aromatic rings. The van der Waals surface area contributed by atoms with E-state index in [9.17, 15) is 24.0 Å². The summed E-state index contributed by atoms with van der Waals surface area (Å²) < 4.78 is 5.41. The molecule has 3 fully saturated rings. The largest absolute Gasteiger partial charge is 0.444 e. The van der Waals surface area contributed by atoms with E-state index in [1.54, 1.807) is 20.8 Å². The molecule has 4 amide bonds. The monoisotopic (exact) mass is 492 g/mol. The van der Waals surface area contributed by atoms with E-state index in [0.29, 0.717) is 31.7 Å². The Morgan fingerprint density at radius 1 is 0.943 bits per heavy atom. The average Bonchev–Trinajstić information content (AvgIpc) is 3.46. The van der Waals surface area contributed by atoms with Crippen LogP contribution in [0.2, 0.25) is 0 Å². The van der Waals surface area contributed by atoms with Gasteiger partial charge in [0.25, 0.3) is 5.91 Å². The maximum absolute atomic E-state index is 13.7. The highest BCUT2D eigenvalue weighted by Crippen LogP contribution is 2.34. The zero-order valence-electron chi connectivity index (χ0n) is 21.1. The molecule has 1 heterocycles. The number of rotatable bonds is 9. The molecule has 1 aliphatic heterocycles. The van der Waals surface area contributed by atoms with E-state index in [0.717, 1.165) is 44.9 Å². The minimum absolute atomic E-state index is 0.0351. The molecule has 0 aromatic heterocycles. The number of nitrogens with one attached hydrogen (secondary N) is 2. The number of Topliss-reactive ketones (excluding diaryl/α,β-unsaturated/α-hetero) is 1. The fourth-order valence-electron chi connectivity index (χ4n) is 5.12. The van der Waals surface area contributed by atoms with Crippen LogP contribution in [0.4, 0.5) is 4.79 Å². The first kappa shape index (κ1) is 26.9. The van der Waals surface area contributed by atoms with E-state index in [2.05, 4.69) is 10.6 Å². The highest BCUT2D eigenvalue weighted by molar-refractivity contribution is 6.37. The summed E-state index contributed by atoms with van der Waals surface area (Å²) in [4.78, 5) is 64.8. The Balaban J connectivity index is 1.73. The quantitative estimate of drug-likeness (QED) is 0.418. The second-order valence-electron chi connectivity index (χ2n) is 11.2. The molecule has 10 nitrogen and oxygen atoms in total. The molecule has 0 aromatic carbocycles. The smallest absolute Gasteiger partial charge is 0.408 e. The lowest BCUT2D eigenvalue weighted by atomic mass is 9.83. The van der Waals surface area contributed by atoms with Crippen LogP contribution in [0.5, 0.6) is 0 Å². The number of hydrogen-bond donors (Lipinski definition) is 3. The number of ether oxygens (including phenoxy) is 1. The molecule has 4 N–H and O–H groups in total. The summed E-state index contributed by atoms with van der Waals surface area (Å²) in [5.41, 5.74) is 4.49. The summed E-state index contributed by atoms with van der Waals surface area (Å²) in [5, 5.41) is 5.48. The van der Waals surface area contributed by atoms with Gasteiger partial charge in [-0.1, -0.05) is 32.1 Å². The van der Waals surface area contributed by atoms with Gasteiger partial charge in [-0.2, -0.15) is 0 Å². The number of alkyl carbamates (subject to hydrolysis) is 1. The number of nitrogens with two attached hydrogens (primary N) is 1. The predicted octanol–water partition coefficient (Wildman–Crippen LogP) is 1.79. The Labute approximate surface area is 207 Å². The third kappa shape index (κ3) is 7.67. The number of nitrogens with zero attached hydrogens (tertiary/aromatic N) is 1. The van der Waals surface area contributed by atoms with Gasteiger partial charge in [0.1, 0.15) is 17.7 Å². The van der Waals surface area contributed by atoms with Crippen molar-refractivity contribution >= 4 is 29.6 Å². The normalized spacial score (nSPS) is 22.7. The Hall–Kier alpha value is -2.65. The third-order valence-electron chi connectivity index (χ3n) is 7.04. The summed E-state index contributed by atoms with van der Waals surface area (Å²) in [7, 11) is 0. The summed E-state index contributed by atoms with van der Waals surface area (Å²) >= 11 is 0. The lowest BCUT2D eigenvalue weighted by Gasteiger charge is -2.35. The Kier molecular flexibility index (Phi) is 8.77.